The number of benzene rings is 1. The van der Waals surface area contributed by atoms with Gasteiger partial charge in [0.25, 0.3) is 5.91 Å². The number of hydrogen-bond acceptors (Lipinski definition) is 2. The first-order valence-corrected chi connectivity index (χ1v) is 7.64. The zero-order chi connectivity index (χ0) is 15.1. The third kappa shape index (κ3) is 5.55. The fourth-order valence-corrected chi connectivity index (χ4v) is 2.68. The molecule has 0 saturated carbocycles. The van der Waals surface area contributed by atoms with Gasteiger partial charge in [-0.3, -0.25) is 9.59 Å². The Morgan fingerprint density at radius 1 is 0.952 bits per heavy atom. The molecule has 0 unspecified atom stereocenters. The Labute approximate surface area is 125 Å². The molecule has 0 radical (unpaired) electrons. The van der Waals surface area contributed by atoms with E-state index in [0.29, 0.717) is 6.54 Å². The molecule has 1 heterocycles. The Kier molecular flexibility index (Phi) is 5.75. The molecule has 2 amide bonds. The van der Waals surface area contributed by atoms with Gasteiger partial charge in [-0.15, -0.1) is 0 Å². The lowest BCUT2D eigenvalue weighted by atomic mass is 10.2. The molecule has 1 aromatic rings. The van der Waals surface area contributed by atoms with Crippen molar-refractivity contribution in [3.63, 3.8) is 0 Å². The van der Waals surface area contributed by atoms with Gasteiger partial charge in [0.2, 0.25) is 5.91 Å². The predicted molar refractivity (Wildman–Crippen MR) is 83.4 cm³/mol. The molecule has 1 aliphatic heterocycles. The number of rotatable bonds is 4. The summed E-state index contributed by atoms with van der Waals surface area (Å²) in [6.45, 7) is 4.19. The normalized spacial score (nSPS) is 16.0. The van der Waals surface area contributed by atoms with Gasteiger partial charge in [0.05, 0.1) is 13.1 Å². The van der Waals surface area contributed by atoms with Crippen LogP contribution in [0.25, 0.3) is 0 Å². The highest BCUT2D eigenvalue weighted by Crippen LogP contribution is 2.13. The number of quaternary nitrogens is 1. The van der Waals surface area contributed by atoms with Crippen molar-refractivity contribution in [2.45, 2.75) is 32.6 Å². The second-order valence-electron chi connectivity index (χ2n) is 5.65. The summed E-state index contributed by atoms with van der Waals surface area (Å²) in [5.41, 5.74) is 1.50. The number of nitrogens with one attached hydrogen (secondary N) is 3. The third-order valence-corrected chi connectivity index (χ3v) is 3.71. The van der Waals surface area contributed by atoms with Crippen LogP contribution in [-0.4, -0.2) is 31.4 Å². The van der Waals surface area contributed by atoms with E-state index in [9.17, 15) is 9.59 Å². The van der Waals surface area contributed by atoms with E-state index in [1.807, 2.05) is 0 Å². The van der Waals surface area contributed by atoms with Gasteiger partial charge in [-0.2, -0.15) is 0 Å². The minimum atomic E-state index is -0.100. The lowest BCUT2D eigenvalue weighted by Gasteiger charge is -2.16. The fraction of sp³-hybridized carbons (Fsp3) is 0.500. The van der Waals surface area contributed by atoms with E-state index in [-0.39, 0.29) is 11.8 Å². The Morgan fingerprint density at radius 2 is 1.48 bits per heavy atom. The van der Waals surface area contributed by atoms with Crippen LogP contribution in [0.2, 0.25) is 0 Å². The van der Waals surface area contributed by atoms with E-state index in [0.717, 1.165) is 24.5 Å². The van der Waals surface area contributed by atoms with Gasteiger partial charge in [-0.05, 0) is 49.9 Å². The maximum Gasteiger partial charge on any atom is 0.279 e. The summed E-state index contributed by atoms with van der Waals surface area (Å²) in [6, 6.07) is 7.19. The molecular weight excluding hydrogens is 266 g/mol. The van der Waals surface area contributed by atoms with Crippen molar-refractivity contribution in [1.29, 1.82) is 0 Å². The van der Waals surface area contributed by atoms with E-state index >= 15 is 0 Å². The molecule has 1 aliphatic rings. The topological polar surface area (TPSA) is 62.6 Å². The third-order valence-electron chi connectivity index (χ3n) is 3.71. The molecule has 5 nitrogen and oxygen atoms in total. The van der Waals surface area contributed by atoms with Crippen molar-refractivity contribution in [1.82, 2.24) is 0 Å². The van der Waals surface area contributed by atoms with Crippen LogP contribution in [-0.2, 0) is 9.59 Å². The number of carbonyl (C=O) groups excluding carboxylic acids is 2. The first-order valence-electron chi connectivity index (χ1n) is 7.64. The SMILES string of the molecule is CC(=O)Nc1ccc(NC(=O)C[NH+]2CCCCCC2)cc1. The lowest BCUT2D eigenvalue weighted by molar-refractivity contribution is -0.890. The number of carbonyl (C=O) groups is 2. The predicted octanol–water partition coefficient (Wildman–Crippen LogP) is 1.04. The molecule has 3 N–H and O–H groups in total. The average Bonchev–Trinajstić information content (AvgIpc) is 2.69. The zero-order valence-corrected chi connectivity index (χ0v) is 12.6. The van der Waals surface area contributed by atoms with Crippen LogP contribution >= 0.6 is 0 Å². The molecule has 5 heteroatoms. The number of anilines is 2. The van der Waals surface area contributed by atoms with Gasteiger partial charge in [-0.1, -0.05) is 0 Å². The van der Waals surface area contributed by atoms with Crippen LogP contribution in [0, 0.1) is 0 Å². The molecule has 114 valence electrons. The van der Waals surface area contributed by atoms with Crippen LogP contribution in [0.4, 0.5) is 11.4 Å². The average molecular weight is 290 g/mol. The molecule has 21 heavy (non-hydrogen) atoms. The summed E-state index contributed by atoms with van der Waals surface area (Å²) in [6.07, 6.45) is 5.01. The monoisotopic (exact) mass is 290 g/mol. The highest BCUT2D eigenvalue weighted by Gasteiger charge is 2.16. The van der Waals surface area contributed by atoms with Crippen LogP contribution in [0.15, 0.2) is 24.3 Å². The zero-order valence-electron chi connectivity index (χ0n) is 12.6. The molecule has 2 rings (SSSR count). The van der Waals surface area contributed by atoms with Crippen LogP contribution in [0.5, 0.6) is 0 Å². The minimum Gasteiger partial charge on any atom is -0.327 e. The summed E-state index contributed by atoms with van der Waals surface area (Å²) in [4.78, 5) is 24.4. The second kappa shape index (κ2) is 7.78. The first-order chi connectivity index (χ1) is 10.1. The maximum absolute atomic E-state index is 12.1. The summed E-state index contributed by atoms with van der Waals surface area (Å²) < 4.78 is 0. The number of hydrogen-bond donors (Lipinski definition) is 3. The van der Waals surface area contributed by atoms with Crippen LogP contribution in [0.1, 0.15) is 32.6 Å². The molecular formula is C16H24N3O2+. The molecule has 0 spiro atoms. The Balaban J connectivity index is 1.82. The van der Waals surface area contributed by atoms with E-state index in [1.54, 1.807) is 24.3 Å². The summed E-state index contributed by atoms with van der Waals surface area (Å²) in [7, 11) is 0. The van der Waals surface area contributed by atoms with Crippen molar-refractivity contribution < 1.29 is 14.5 Å². The van der Waals surface area contributed by atoms with Gasteiger partial charge >= 0.3 is 0 Å². The maximum atomic E-state index is 12.1. The van der Waals surface area contributed by atoms with E-state index in [1.165, 1.54) is 37.5 Å². The van der Waals surface area contributed by atoms with Gasteiger partial charge < -0.3 is 15.5 Å². The van der Waals surface area contributed by atoms with Gasteiger partial charge in [-0.25, -0.2) is 0 Å². The Morgan fingerprint density at radius 3 is 2.00 bits per heavy atom. The van der Waals surface area contributed by atoms with Gasteiger partial charge in [0, 0.05) is 18.3 Å². The first kappa shape index (κ1) is 15.5. The Bertz CT molecular complexity index is 477. The van der Waals surface area contributed by atoms with E-state index in [4.69, 9.17) is 0 Å². The quantitative estimate of drug-likeness (QED) is 0.776. The molecule has 1 aromatic carbocycles. The van der Waals surface area contributed by atoms with Crippen molar-refractivity contribution in [3.05, 3.63) is 24.3 Å². The summed E-state index contributed by atoms with van der Waals surface area (Å²) in [5, 5.41) is 5.62. The summed E-state index contributed by atoms with van der Waals surface area (Å²) in [5.74, 6) is -0.0456. The highest BCUT2D eigenvalue weighted by atomic mass is 16.2. The molecule has 1 saturated heterocycles. The number of amides is 2. The second-order valence-corrected chi connectivity index (χ2v) is 5.65. The smallest absolute Gasteiger partial charge is 0.279 e. The fourth-order valence-electron chi connectivity index (χ4n) is 2.68. The summed E-state index contributed by atoms with van der Waals surface area (Å²) >= 11 is 0. The molecule has 0 atom stereocenters. The highest BCUT2D eigenvalue weighted by molar-refractivity contribution is 5.92. The van der Waals surface area contributed by atoms with Gasteiger partial charge in [0.1, 0.15) is 0 Å². The van der Waals surface area contributed by atoms with Crippen LogP contribution < -0.4 is 15.5 Å². The van der Waals surface area contributed by atoms with E-state index < -0.39 is 0 Å². The van der Waals surface area contributed by atoms with E-state index in [2.05, 4.69) is 10.6 Å². The largest absolute Gasteiger partial charge is 0.327 e. The standard InChI is InChI=1S/C16H23N3O2/c1-13(20)17-14-6-8-15(9-7-14)18-16(21)12-19-10-4-2-3-5-11-19/h6-9H,2-5,10-12H2,1H3,(H,17,20)(H,18,21)/p+1. The molecule has 1 fully saturated rings. The van der Waals surface area contributed by atoms with Crippen molar-refractivity contribution in [2.75, 3.05) is 30.3 Å². The number of likely N-dealkylation sites (tertiary alicyclic amines) is 1. The molecule has 0 bridgehead atoms. The minimum absolute atomic E-state index is 0.0548. The lowest BCUT2D eigenvalue weighted by Crippen LogP contribution is -3.12. The van der Waals surface area contributed by atoms with Crippen molar-refractivity contribution >= 4 is 23.2 Å². The molecule has 0 aliphatic carbocycles. The molecule has 0 aromatic heterocycles. The van der Waals surface area contributed by atoms with Crippen LogP contribution in [0.3, 0.4) is 0 Å². The van der Waals surface area contributed by atoms with Crippen molar-refractivity contribution in [3.8, 4) is 0 Å². The van der Waals surface area contributed by atoms with Crippen molar-refractivity contribution in [2.24, 2.45) is 0 Å². The van der Waals surface area contributed by atoms with Gasteiger partial charge in [0.15, 0.2) is 6.54 Å². The Hall–Kier alpha value is -1.88.